The van der Waals surface area contributed by atoms with E-state index < -0.39 is 0 Å². The fraction of sp³-hybridized carbons (Fsp3) is 0.333. The van der Waals surface area contributed by atoms with Crippen LogP contribution in [0.1, 0.15) is 17.2 Å². The van der Waals surface area contributed by atoms with Crippen LogP contribution in [0.25, 0.3) is 0 Å². The molecular weight excluding hydrogens is 434 g/mol. The van der Waals surface area contributed by atoms with Crippen LogP contribution in [0.2, 0.25) is 0 Å². The summed E-state index contributed by atoms with van der Waals surface area (Å²) in [6, 6.07) is 16.2. The molecular formula is C21H24BrN5O2. The number of benzene rings is 2. The van der Waals surface area contributed by atoms with Crippen molar-refractivity contribution in [2.24, 2.45) is 10.8 Å². The average molecular weight is 458 g/mol. The summed E-state index contributed by atoms with van der Waals surface area (Å²) in [5, 5.41) is 0. The number of halogens is 1. The van der Waals surface area contributed by atoms with Crippen molar-refractivity contribution < 1.29 is 9.53 Å². The Labute approximate surface area is 178 Å². The van der Waals surface area contributed by atoms with Gasteiger partial charge in [0.25, 0.3) is 5.91 Å². The number of amidine groups is 1. The lowest BCUT2D eigenvalue weighted by Gasteiger charge is -2.40. The Balaban J connectivity index is 1.78. The van der Waals surface area contributed by atoms with Gasteiger partial charge in [0.15, 0.2) is 0 Å². The van der Waals surface area contributed by atoms with Gasteiger partial charge >= 0.3 is 0 Å². The molecule has 0 unspecified atom stereocenters. The molecule has 0 saturated carbocycles. The summed E-state index contributed by atoms with van der Waals surface area (Å²) >= 11 is 3.58. The number of carbonyl (C=O) groups excluding carboxylic acids is 1. The van der Waals surface area contributed by atoms with E-state index in [-0.39, 0.29) is 18.5 Å². The number of nitrogens with zero attached hydrogens (tertiary/aromatic N) is 3. The highest BCUT2D eigenvalue weighted by Crippen LogP contribution is 2.40. The molecule has 2 heterocycles. The average Bonchev–Trinajstić information content (AvgIpc) is 2.75. The molecule has 3 N–H and O–H groups in total. The predicted octanol–water partition coefficient (Wildman–Crippen LogP) is 2.21. The van der Waals surface area contributed by atoms with Crippen LogP contribution < -0.4 is 11.3 Å². The molecule has 1 atom stereocenters. The number of fused-ring (bicyclic) bond motifs is 1. The molecule has 2 aromatic rings. The van der Waals surface area contributed by atoms with Crippen LogP contribution in [0.5, 0.6) is 0 Å². The topological polar surface area (TPSA) is 83.2 Å². The lowest BCUT2D eigenvalue weighted by Crippen LogP contribution is -2.50. The zero-order chi connectivity index (χ0) is 20.2. The van der Waals surface area contributed by atoms with Crippen LogP contribution in [-0.4, -0.2) is 60.9 Å². The normalized spacial score (nSPS) is 19.4. The number of nitrogens with one attached hydrogen (secondary N) is 1. The van der Waals surface area contributed by atoms with Gasteiger partial charge in [-0.1, -0.05) is 46.3 Å². The van der Waals surface area contributed by atoms with Crippen molar-refractivity contribution in [3.05, 3.63) is 64.1 Å². The van der Waals surface area contributed by atoms with Crippen LogP contribution in [0, 0.1) is 0 Å². The quantitative estimate of drug-likeness (QED) is 0.408. The Morgan fingerprint density at radius 2 is 1.97 bits per heavy atom. The van der Waals surface area contributed by atoms with Gasteiger partial charge in [-0.15, -0.1) is 0 Å². The van der Waals surface area contributed by atoms with Gasteiger partial charge in [-0.2, -0.15) is 0 Å². The highest BCUT2D eigenvalue weighted by atomic mass is 79.9. The Morgan fingerprint density at radius 1 is 1.21 bits per heavy atom. The lowest BCUT2D eigenvalue weighted by molar-refractivity contribution is -0.121. The summed E-state index contributed by atoms with van der Waals surface area (Å²) < 4.78 is 6.46. The highest BCUT2D eigenvalue weighted by molar-refractivity contribution is 9.10. The molecule has 8 heteroatoms. The second kappa shape index (κ2) is 9.04. The first-order valence-corrected chi connectivity index (χ1v) is 10.4. The van der Waals surface area contributed by atoms with Crippen molar-refractivity contribution in [1.29, 1.82) is 0 Å². The van der Waals surface area contributed by atoms with Crippen LogP contribution >= 0.6 is 15.9 Å². The Morgan fingerprint density at radius 3 is 2.69 bits per heavy atom. The lowest BCUT2D eigenvalue weighted by atomic mass is 9.93. The Kier molecular flexibility index (Phi) is 6.25. The van der Waals surface area contributed by atoms with Gasteiger partial charge in [0.1, 0.15) is 12.4 Å². The standard InChI is InChI=1S/C21H24BrN5O2/c22-16-6-7-18-17(12-16)21(15-4-2-1-3-5-15)27(14-20(28)25-23)19(24-18)13-26-8-10-29-11-9-26/h1-7,12,21H,8-11,13-14,23H2,(H,25,28)/t21-/m0/s1. The molecule has 0 aromatic heterocycles. The molecule has 29 heavy (non-hydrogen) atoms. The van der Waals surface area contributed by atoms with E-state index >= 15 is 0 Å². The molecule has 0 spiro atoms. The largest absolute Gasteiger partial charge is 0.379 e. The van der Waals surface area contributed by atoms with Gasteiger partial charge < -0.3 is 9.64 Å². The third kappa shape index (κ3) is 4.51. The number of carbonyl (C=O) groups is 1. The number of amides is 1. The van der Waals surface area contributed by atoms with Crippen molar-refractivity contribution in [2.75, 3.05) is 39.4 Å². The van der Waals surface area contributed by atoms with E-state index in [1.165, 1.54) is 0 Å². The Hall–Kier alpha value is -2.26. The van der Waals surface area contributed by atoms with Crippen LogP contribution in [0.4, 0.5) is 5.69 Å². The number of aliphatic imine (C=N–C) groups is 1. The maximum absolute atomic E-state index is 12.3. The summed E-state index contributed by atoms with van der Waals surface area (Å²) in [5.74, 6) is 6.03. The zero-order valence-electron chi connectivity index (χ0n) is 16.1. The maximum Gasteiger partial charge on any atom is 0.253 e. The van der Waals surface area contributed by atoms with Crippen molar-refractivity contribution in [3.63, 3.8) is 0 Å². The van der Waals surface area contributed by atoms with Crippen molar-refractivity contribution in [1.82, 2.24) is 15.2 Å². The first-order valence-electron chi connectivity index (χ1n) is 9.64. The minimum atomic E-state index is -0.251. The van der Waals surface area contributed by atoms with E-state index in [1.54, 1.807) is 0 Å². The molecule has 0 bridgehead atoms. The van der Waals surface area contributed by atoms with Gasteiger partial charge in [0, 0.05) is 23.1 Å². The summed E-state index contributed by atoms with van der Waals surface area (Å²) in [4.78, 5) is 21.6. The molecule has 7 nitrogen and oxygen atoms in total. The summed E-state index contributed by atoms with van der Waals surface area (Å²) in [6.45, 7) is 3.90. The highest BCUT2D eigenvalue weighted by Gasteiger charge is 2.33. The predicted molar refractivity (Wildman–Crippen MR) is 116 cm³/mol. The molecule has 1 amide bonds. The van der Waals surface area contributed by atoms with Crippen LogP contribution in [0.3, 0.4) is 0 Å². The molecule has 2 aliphatic heterocycles. The maximum atomic E-state index is 12.3. The number of hydrogen-bond acceptors (Lipinski definition) is 6. The molecule has 1 fully saturated rings. The number of morpholine rings is 1. The van der Waals surface area contributed by atoms with Gasteiger partial charge in [-0.25, -0.2) is 10.8 Å². The summed E-state index contributed by atoms with van der Waals surface area (Å²) in [6.07, 6.45) is 0. The SMILES string of the molecule is NNC(=O)CN1C(CN2CCOCC2)=Nc2ccc(Br)cc2[C@@H]1c1ccccc1. The number of nitrogens with two attached hydrogens (primary N) is 1. The molecule has 0 radical (unpaired) electrons. The van der Waals surface area contributed by atoms with Gasteiger partial charge in [0.2, 0.25) is 0 Å². The van der Waals surface area contributed by atoms with Crippen LogP contribution in [-0.2, 0) is 9.53 Å². The molecule has 2 aliphatic rings. The van der Waals surface area contributed by atoms with Gasteiger partial charge in [-0.3, -0.25) is 15.1 Å². The van der Waals surface area contributed by atoms with Gasteiger partial charge in [-0.05, 0) is 23.8 Å². The van der Waals surface area contributed by atoms with Crippen molar-refractivity contribution in [2.45, 2.75) is 6.04 Å². The van der Waals surface area contributed by atoms with E-state index in [0.717, 1.165) is 40.2 Å². The second-order valence-corrected chi connectivity index (χ2v) is 8.04. The third-order valence-electron chi connectivity index (χ3n) is 5.24. The minimum absolute atomic E-state index is 0.130. The number of hydrogen-bond donors (Lipinski definition) is 2. The van der Waals surface area contributed by atoms with Crippen molar-refractivity contribution in [3.8, 4) is 0 Å². The van der Waals surface area contributed by atoms with Crippen LogP contribution in [0.15, 0.2) is 58.0 Å². The van der Waals surface area contributed by atoms with E-state index in [0.29, 0.717) is 19.8 Å². The number of rotatable bonds is 5. The second-order valence-electron chi connectivity index (χ2n) is 7.13. The zero-order valence-corrected chi connectivity index (χ0v) is 17.6. The smallest absolute Gasteiger partial charge is 0.253 e. The van der Waals surface area contributed by atoms with E-state index in [9.17, 15) is 4.79 Å². The van der Waals surface area contributed by atoms with E-state index in [4.69, 9.17) is 15.6 Å². The fourth-order valence-corrected chi connectivity index (χ4v) is 4.21. The number of hydrazine groups is 1. The fourth-order valence-electron chi connectivity index (χ4n) is 3.83. The monoisotopic (exact) mass is 457 g/mol. The molecule has 152 valence electrons. The third-order valence-corrected chi connectivity index (χ3v) is 5.73. The summed E-state index contributed by atoms with van der Waals surface area (Å²) in [7, 11) is 0. The minimum Gasteiger partial charge on any atom is -0.379 e. The van der Waals surface area contributed by atoms with E-state index in [1.807, 2.05) is 30.3 Å². The first kappa shape index (κ1) is 20.0. The van der Waals surface area contributed by atoms with Crippen molar-refractivity contribution >= 4 is 33.4 Å². The molecule has 2 aromatic carbocycles. The first-order chi connectivity index (χ1) is 14.2. The number of ether oxygens (including phenoxy) is 1. The molecule has 0 aliphatic carbocycles. The summed E-state index contributed by atoms with van der Waals surface area (Å²) in [5.41, 5.74) is 5.35. The Bertz CT molecular complexity index is 899. The molecule has 4 rings (SSSR count). The van der Waals surface area contributed by atoms with Gasteiger partial charge in [0.05, 0.1) is 31.5 Å². The molecule has 1 saturated heterocycles. The van der Waals surface area contributed by atoms with E-state index in [2.05, 4.69) is 49.4 Å².